The van der Waals surface area contributed by atoms with E-state index in [2.05, 4.69) is 5.32 Å². The van der Waals surface area contributed by atoms with Gasteiger partial charge in [0.05, 0.1) is 16.9 Å². The molecule has 0 unspecified atom stereocenters. The summed E-state index contributed by atoms with van der Waals surface area (Å²) in [7, 11) is 0. The van der Waals surface area contributed by atoms with Gasteiger partial charge in [0.25, 0.3) is 0 Å². The number of benzene rings is 1. The van der Waals surface area contributed by atoms with Crippen LogP contribution in [-0.4, -0.2) is 18.0 Å². The molecule has 3 nitrogen and oxygen atoms in total. The number of carbonyl (C=O) groups excluding carboxylic acids is 1. The number of halogens is 3. The van der Waals surface area contributed by atoms with Crippen molar-refractivity contribution in [2.45, 2.75) is 59.8 Å². The van der Waals surface area contributed by atoms with Crippen molar-refractivity contribution >= 4 is 17.3 Å². The van der Waals surface area contributed by atoms with Gasteiger partial charge in [-0.25, -0.2) is 0 Å². The van der Waals surface area contributed by atoms with E-state index in [0.717, 1.165) is 12.1 Å². The molecule has 0 spiro atoms. The highest BCUT2D eigenvalue weighted by atomic mass is 19.4. The van der Waals surface area contributed by atoms with E-state index in [9.17, 15) is 18.0 Å². The Hall–Kier alpha value is -1.72. The topological polar surface area (TPSA) is 32.3 Å². The summed E-state index contributed by atoms with van der Waals surface area (Å²) in [4.78, 5) is 14.0. The molecule has 130 valence electrons. The lowest BCUT2D eigenvalue weighted by atomic mass is 10.1. The Labute approximate surface area is 135 Å². The molecule has 6 heteroatoms. The SMILES string of the molecule is CC(C)C(=O)Nc1cc(C(F)(F)F)ccc1N(C(C)C)C(C)C. The number of alkyl halides is 3. The van der Waals surface area contributed by atoms with E-state index in [4.69, 9.17) is 0 Å². The highest BCUT2D eigenvalue weighted by Crippen LogP contribution is 2.37. The van der Waals surface area contributed by atoms with E-state index < -0.39 is 11.7 Å². The van der Waals surface area contributed by atoms with E-state index in [1.54, 1.807) is 13.8 Å². The summed E-state index contributed by atoms with van der Waals surface area (Å²) < 4.78 is 39.0. The molecule has 0 aliphatic carbocycles. The molecule has 0 atom stereocenters. The molecule has 0 heterocycles. The highest BCUT2D eigenvalue weighted by molar-refractivity contribution is 5.95. The van der Waals surface area contributed by atoms with Crippen molar-refractivity contribution in [2.75, 3.05) is 10.2 Å². The Morgan fingerprint density at radius 3 is 1.96 bits per heavy atom. The third kappa shape index (κ3) is 4.88. The Morgan fingerprint density at radius 2 is 1.57 bits per heavy atom. The minimum absolute atomic E-state index is 0.0847. The average molecular weight is 330 g/mol. The van der Waals surface area contributed by atoms with E-state index in [-0.39, 0.29) is 29.6 Å². The minimum atomic E-state index is -4.45. The zero-order valence-corrected chi connectivity index (χ0v) is 14.5. The van der Waals surface area contributed by atoms with Gasteiger partial charge in [-0.3, -0.25) is 4.79 Å². The van der Waals surface area contributed by atoms with Gasteiger partial charge in [0, 0.05) is 18.0 Å². The van der Waals surface area contributed by atoms with Crippen molar-refractivity contribution in [3.05, 3.63) is 23.8 Å². The van der Waals surface area contributed by atoms with Crippen LogP contribution in [0.25, 0.3) is 0 Å². The van der Waals surface area contributed by atoms with Crippen LogP contribution in [0.2, 0.25) is 0 Å². The Kier molecular flexibility index (Phi) is 6.08. The van der Waals surface area contributed by atoms with Crippen LogP contribution in [0, 0.1) is 5.92 Å². The van der Waals surface area contributed by atoms with Crippen LogP contribution in [0.5, 0.6) is 0 Å². The van der Waals surface area contributed by atoms with E-state index in [1.807, 2.05) is 32.6 Å². The lowest BCUT2D eigenvalue weighted by Crippen LogP contribution is -2.38. The Balaban J connectivity index is 3.41. The molecule has 0 aliphatic heterocycles. The van der Waals surface area contributed by atoms with Gasteiger partial charge in [0.15, 0.2) is 0 Å². The quantitative estimate of drug-likeness (QED) is 0.831. The van der Waals surface area contributed by atoms with Gasteiger partial charge in [-0.05, 0) is 45.9 Å². The van der Waals surface area contributed by atoms with Crippen molar-refractivity contribution in [3.63, 3.8) is 0 Å². The minimum Gasteiger partial charge on any atom is -0.365 e. The summed E-state index contributed by atoms with van der Waals surface area (Å²) >= 11 is 0. The third-order valence-corrected chi connectivity index (χ3v) is 3.50. The van der Waals surface area contributed by atoms with Gasteiger partial charge < -0.3 is 10.2 Å². The Morgan fingerprint density at radius 1 is 1.04 bits per heavy atom. The fourth-order valence-electron chi connectivity index (χ4n) is 2.47. The van der Waals surface area contributed by atoms with Gasteiger partial charge in [-0.1, -0.05) is 13.8 Å². The molecule has 0 saturated heterocycles. The summed E-state index contributed by atoms with van der Waals surface area (Å²) in [5, 5.41) is 2.63. The third-order valence-electron chi connectivity index (χ3n) is 3.50. The molecule has 0 fully saturated rings. The first-order chi connectivity index (χ1) is 10.4. The predicted octanol–water partition coefficient (Wildman–Crippen LogP) is 4.92. The average Bonchev–Trinajstić information content (AvgIpc) is 2.38. The van der Waals surface area contributed by atoms with Crippen LogP contribution < -0.4 is 10.2 Å². The molecule has 0 bridgehead atoms. The van der Waals surface area contributed by atoms with Crippen LogP contribution in [0.15, 0.2) is 18.2 Å². The van der Waals surface area contributed by atoms with E-state index in [1.165, 1.54) is 6.07 Å². The maximum absolute atomic E-state index is 13.0. The van der Waals surface area contributed by atoms with Crippen LogP contribution in [0.4, 0.5) is 24.5 Å². The normalized spacial score (nSPS) is 12.2. The van der Waals surface area contributed by atoms with Gasteiger partial charge in [0.1, 0.15) is 0 Å². The molecule has 1 rings (SSSR count). The van der Waals surface area contributed by atoms with E-state index >= 15 is 0 Å². The smallest absolute Gasteiger partial charge is 0.365 e. The van der Waals surface area contributed by atoms with Crippen LogP contribution in [0.1, 0.15) is 47.1 Å². The Bertz CT molecular complexity index is 543. The number of carbonyl (C=O) groups is 1. The molecule has 1 N–H and O–H groups in total. The first-order valence-corrected chi connectivity index (χ1v) is 7.75. The van der Waals surface area contributed by atoms with E-state index in [0.29, 0.717) is 5.69 Å². The number of hydrogen-bond donors (Lipinski definition) is 1. The number of hydrogen-bond acceptors (Lipinski definition) is 2. The largest absolute Gasteiger partial charge is 0.416 e. The van der Waals surface area contributed by atoms with Crippen molar-refractivity contribution in [1.82, 2.24) is 0 Å². The van der Waals surface area contributed by atoms with Crippen molar-refractivity contribution < 1.29 is 18.0 Å². The molecular formula is C17H25F3N2O. The highest BCUT2D eigenvalue weighted by Gasteiger charge is 2.32. The first kappa shape index (κ1) is 19.3. The molecule has 1 aromatic carbocycles. The zero-order chi connectivity index (χ0) is 17.9. The van der Waals surface area contributed by atoms with Gasteiger partial charge in [-0.2, -0.15) is 13.2 Å². The van der Waals surface area contributed by atoms with Crippen LogP contribution in [-0.2, 0) is 11.0 Å². The standard InChI is InChI=1S/C17H25F3N2O/c1-10(2)16(23)21-14-9-13(17(18,19)20)7-8-15(14)22(11(3)4)12(5)6/h7-12H,1-6H3,(H,21,23). The molecule has 23 heavy (non-hydrogen) atoms. The van der Waals surface area contributed by atoms with Crippen LogP contribution >= 0.6 is 0 Å². The summed E-state index contributed by atoms with van der Waals surface area (Å²) in [6.45, 7) is 11.3. The molecule has 0 radical (unpaired) electrons. The molecule has 1 aromatic rings. The molecule has 0 aliphatic rings. The summed E-state index contributed by atoms with van der Waals surface area (Å²) in [5.74, 6) is -0.623. The second-order valence-electron chi connectivity index (χ2n) is 6.47. The maximum Gasteiger partial charge on any atom is 0.416 e. The monoisotopic (exact) mass is 330 g/mol. The molecule has 0 aromatic heterocycles. The number of nitrogens with zero attached hydrogens (tertiary/aromatic N) is 1. The second kappa shape index (κ2) is 7.23. The molecule has 1 amide bonds. The van der Waals surface area contributed by atoms with Gasteiger partial charge in [-0.15, -0.1) is 0 Å². The molecule has 0 saturated carbocycles. The predicted molar refractivity (Wildman–Crippen MR) is 87.7 cm³/mol. The van der Waals surface area contributed by atoms with Crippen molar-refractivity contribution in [3.8, 4) is 0 Å². The summed E-state index contributed by atoms with van der Waals surface area (Å²) in [5.41, 5.74) is 0.0192. The first-order valence-electron chi connectivity index (χ1n) is 7.75. The van der Waals surface area contributed by atoms with Gasteiger partial charge >= 0.3 is 6.18 Å². The lowest BCUT2D eigenvalue weighted by Gasteiger charge is -2.35. The zero-order valence-electron chi connectivity index (χ0n) is 14.5. The summed E-state index contributed by atoms with van der Waals surface area (Å²) in [6, 6.07) is 3.66. The van der Waals surface area contributed by atoms with Crippen molar-refractivity contribution in [2.24, 2.45) is 5.92 Å². The van der Waals surface area contributed by atoms with Crippen molar-refractivity contribution in [1.29, 1.82) is 0 Å². The maximum atomic E-state index is 13.0. The second-order valence-corrected chi connectivity index (χ2v) is 6.47. The number of nitrogens with one attached hydrogen (secondary N) is 1. The number of amides is 1. The number of anilines is 2. The summed E-state index contributed by atoms with van der Waals surface area (Å²) in [6.07, 6.45) is -4.45. The lowest BCUT2D eigenvalue weighted by molar-refractivity contribution is -0.137. The fraction of sp³-hybridized carbons (Fsp3) is 0.588. The van der Waals surface area contributed by atoms with Crippen LogP contribution in [0.3, 0.4) is 0 Å². The fourth-order valence-corrected chi connectivity index (χ4v) is 2.47. The number of rotatable bonds is 5. The van der Waals surface area contributed by atoms with Gasteiger partial charge in [0.2, 0.25) is 5.91 Å². The molecular weight excluding hydrogens is 305 g/mol.